The zero-order chi connectivity index (χ0) is 10.0. The van der Waals surface area contributed by atoms with Crippen molar-refractivity contribution in [2.24, 2.45) is 5.41 Å². The van der Waals surface area contributed by atoms with Crippen molar-refractivity contribution in [1.29, 1.82) is 0 Å². The highest BCUT2D eigenvalue weighted by molar-refractivity contribution is 5.78. The van der Waals surface area contributed by atoms with Crippen LogP contribution in [0.25, 0.3) is 0 Å². The summed E-state index contributed by atoms with van der Waals surface area (Å²) in [5, 5.41) is 3.22. The van der Waals surface area contributed by atoms with Crippen molar-refractivity contribution < 1.29 is 14.3 Å². The van der Waals surface area contributed by atoms with Crippen LogP contribution in [-0.2, 0) is 14.3 Å². The number of esters is 1. The van der Waals surface area contributed by atoms with Gasteiger partial charge in [-0.3, -0.25) is 4.79 Å². The average molecular weight is 199 g/mol. The van der Waals surface area contributed by atoms with Gasteiger partial charge in [0.25, 0.3) is 0 Å². The standard InChI is InChI=1S/C10H17NO3/c1-2-13-9(12)10-4-3-5-14-8(10)6-11-7-10/h8,11H,2-7H2,1H3/t8-,10-/m1/s1. The number of hydrogen-bond donors (Lipinski definition) is 1. The van der Waals surface area contributed by atoms with Crippen LogP contribution in [0.1, 0.15) is 19.8 Å². The zero-order valence-electron chi connectivity index (χ0n) is 8.54. The predicted octanol–water partition coefficient (Wildman–Crippen LogP) is 0.318. The van der Waals surface area contributed by atoms with Gasteiger partial charge in [-0.1, -0.05) is 0 Å². The van der Waals surface area contributed by atoms with Crippen LogP contribution in [0.15, 0.2) is 0 Å². The van der Waals surface area contributed by atoms with Crippen molar-refractivity contribution in [1.82, 2.24) is 5.32 Å². The van der Waals surface area contributed by atoms with Gasteiger partial charge >= 0.3 is 5.97 Å². The van der Waals surface area contributed by atoms with Crippen LogP contribution >= 0.6 is 0 Å². The maximum Gasteiger partial charge on any atom is 0.316 e. The van der Waals surface area contributed by atoms with Crippen molar-refractivity contribution in [2.75, 3.05) is 26.3 Å². The molecule has 1 N–H and O–H groups in total. The Bertz CT molecular complexity index is 231. The lowest BCUT2D eigenvalue weighted by molar-refractivity contribution is -0.167. The number of rotatable bonds is 2. The molecule has 0 spiro atoms. The van der Waals surface area contributed by atoms with E-state index < -0.39 is 5.41 Å². The molecule has 4 heteroatoms. The molecule has 0 amide bonds. The Kier molecular flexibility index (Phi) is 2.74. The lowest BCUT2D eigenvalue weighted by Gasteiger charge is -2.35. The molecule has 2 rings (SSSR count). The van der Waals surface area contributed by atoms with E-state index in [9.17, 15) is 4.79 Å². The van der Waals surface area contributed by atoms with Crippen molar-refractivity contribution in [2.45, 2.75) is 25.9 Å². The van der Waals surface area contributed by atoms with E-state index in [1.807, 2.05) is 6.92 Å². The molecule has 0 aromatic carbocycles. The second-order valence-electron chi connectivity index (χ2n) is 3.97. The van der Waals surface area contributed by atoms with E-state index in [1.54, 1.807) is 0 Å². The Hall–Kier alpha value is -0.610. The summed E-state index contributed by atoms with van der Waals surface area (Å²) in [6, 6.07) is 0. The van der Waals surface area contributed by atoms with Crippen LogP contribution in [0.4, 0.5) is 0 Å². The number of carbonyl (C=O) groups is 1. The molecule has 0 unspecified atom stereocenters. The number of nitrogens with one attached hydrogen (secondary N) is 1. The van der Waals surface area contributed by atoms with Crippen molar-refractivity contribution >= 4 is 5.97 Å². The van der Waals surface area contributed by atoms with Gasteiger partial charge in [0, 0.05) is 19.7 Å². The summed E-state index contributed by atoms with van der Waals surface area (Å²) < 4.78 is 10.7. The van der Waals surface area contributed by atoms with E-state index in [1.165, 1.54) is 0 Å². The van der Waals surface area contributed by atoms with E-state index in [0.29, 0.717) is 13.2 Å². The molecule has 0 radical (unpaired) electrons. The van der Waals surface area contributed by atoms with Gasteiger partial charge in [-0.25, -0.2) is 0 Å². The first-order chi connectivity index (χ1) is 6.79. The van der Waals surface area contributed by atoms with E-state index in [-0.39, 0.29) is 12.1 Å². The van der Waals surface area contributed by atoms with E-state index in [2.05, 4.69) is 5.32 Å². The molecule has 2 aliphatic heterocycles. The molecule has 0 bridgehead atoms. The normalized spacial score (nSPS) is 36.5. The Morgan fingerprint density at radius 1 is 1.71 bits per heavy atom. The van der Waals surface area contributed by atoms with E-state index >= 15 is 0 Å². The SMILES string of the molecule is CCOC(=O)[C@@]12CCCO[C@@H]1CNC2. The fourth-order valence-corrected chi connectivity index (χ4v) is 2.40. The van der Waals surface area contributed by atoms with Crippen LogP contribution in [0, 0.1) is 5.41 Å². The molecule has 0 aliphatic carbocycles. The van der Waals surface area contributed by atoms with Gasteiger partial charge in [-0.2, -0.15) is 0 Å². The number of ether oxygens (including phenoxy) is 2. The third kappa shape index (κ3) is 1.42. The monoisotopic (exact) mass is 199 g/mol. The Morgan fingerprint density at radius 2 is 2.57 bits per heavy atom. The summed E-state index contributed by atoms with van der Waals surface area (Å²) in [6.07, 6.45) is 1.87. The van der Waals surface area contributed by atoms with Gasteiger partial charge in [-0.05, 0) is 19.8 Å². The maximum absolute atomic E-state index is 11.9. The molecule has 4 nitrogen and oxygen atoms in total. The number of hydrogen-bond acceptors (Lipinski definition) is 4. The highest BCUT2D eigenvalue weighted by Gasteiger charge is 2.52. The third-order valence-electron chi connectivity index (χ3n) is 3.15. The van der Waals surface area contributed by atoms with Gasteiger partial charge in [0.15, 0.2) is 0 Å². The highest BCUT2D eigenvalue weighted by Crippen LogP contribution is 2.38. The fourth-order valence-electron chi connectivity index (χ4n) is 2.40. The Balaban J connectivity index is 2.13. The fraction of sp³-hybridized carbons (Fsp3) is 0.900. The van der Waals surface area contributed by atoms with Gasteiger partial charge < -0.3 is 14.8 Å². The number of fused-ring (bicyclic) bond motifs is 1. The summed E-state index contributed by atoms with van der Waals surface area (Å²) in [5.74, 6) is -0.0882. The summed E-state index contributed by atoms with van der Waals surface area (Å²) in [4.78, 5) is 11.9. The van der Waals surface area contributed by atoms with Gasteiger partial charge in [-0.15, -0.1) is 0 Å². The quantitative estimate of drug-likeness (QED) is 0.651. The molecular formula is C10H17NO3. The summed E-state index contributed by atoms with van der Waals surface area (Å²) in [5.41, 5.74) is -0.395. The molecule has 0 saturated carbocycles. The highest BCUT2D eigenvalue weighted by atomic mass is 16.5. The first-order valence-electron chi connectivity index (χ1n) is 5.29. The van der Waals surface area contributed by atoms with Crippen LogP contribution < -0.4 is 5.32 Å². The topological polar surface area (TPSA) is 47.6 Å². The smallest absolute Gasteiger partial charge is 0.316 e. The predicted molar refractivity (Wildman–Crippen MR) is 50.9 cm³/mol. The molecule has 0 aromatic rings. The third-order valence-corrected chi connectivity index (χ3v) is 3.15. The molecule has 0 aromatic heterocycles. The first kappa shape index (κ1) is 9.93. The lowest BCUT2D eigenvalue weighted by Crippen LogP contribution is -2.47. The minimum Gasteiger partial charge on any atom is -0.465 e. The van der Waals surface area contributed by atoms with Gasteiger partial charge in [0.05, 0.1) is 12.7 Å². The van der Waals surface area contributed by atoms with Crippen LogP contribution in [-0.4, -0.2) is 38.4 Å². The molecule has 2 aliphatic rings. The summed E-state index contributed by atoms with van der Waals surface area (Å²) in [6.45, 7) is 4.55. The summed E-state index contributed by atoms with van der Waals surface area (Å²) >= 11 is 0. The van der Waals surface area contributed by atoms with Gasteiger partial charge in [0.1, 0.15) is 5.41 Å². The van der Waals surface area contributed by atoms with Crippen molar-refractivity contribution in [3.05, 3.63) is 0 Å². The molecule has 2 saturated heterocycles. The van der Waals surface area contributed by atoms with Crippen molar-refractivity contribution in [3.8, 4) is 0 Å². The zero-order valence-corrected chi connectivity index (χ0v) is 8.54. The molecule has 14 heavy (non-hydrogen) atoms. The molecule has 2 atom stereocenters. The van der Waals surface area contributed by atoms with Gasteiger partial charge in [0.2, 0.25) is 0 Å². The lowest BCUT2D eigenvalue weighted by atomic mass is 9.78. The van der Waals surface area contributed by atoms with Crippen LogP contribution in [0.3, 0.4) is 0 Å². The molecular weight excluding hydrogens is 182 g/mol. The summed E-state index contributed by atoms with van der Waals surface area (Å²) in [7, 11) is 0. The van der Waals surface area contributed by atoms with Crippen molar-refractivity contribution in [3.63, 3.8) is 0 Å². The maximum atomic E-state index is 11.9. The Morgan fingerprint density at radius 3 is 3.36 bits per heavy atom. The number of carbonyl (C=O) groups excluding carboxylic acids is 1. The van der Waals surface area contributed by atoms with E-state index in [4.69, 9.17) is 9.47 Å². The Labute approximate surface area is 84.0 Å². The van der Waals surface area contributed by atoms with Crippen LogP contribution in [0.5, 0.6) is 0 Å². The minimum absolute atomic E-state index is 0.0234. The van der Waals surface area contributed by atoms with E-state index in [0.717, 1.165) is 26.0 Å². The molecule has 80 valence electrons. The average Bonchev–Trinajstić information content (AvgIpc) is 2.62. The second kappa shape index (κ2) is 3.87. The second-order valence-corrected chi connectivity index (χ2v) is 3.97. The largest absolute Gasteiger partial charge is 0.465 e. The molecule has 2 heterocycles. The molecule has 2 fully saturated rings. The van der Waals surface area contributed by atoms with Crippen LogP contribution in [0.2, 0.25) is 0 Å². The minimum atomic E-state index is -0.395. The first-order valence-corrected chi connectivity index (χ1v) is 5.29.